The number of rotatable bonds is 9. The van der Waals surface area contributed by atoms with Crippen LogP contribution in [-0.4, -0.2) is 71.3 Å². The number of likely N-dealkylation sites (tertiary alicyclic amines) is 1. The Labute approximate surface area is 163 Å². The third kappa shape index (κ3) is 6.01. The van der Waals surface area contributed by atoms with Crippen molar-refractivity contribution in [1.82, 2.24) is 20.6 Å². The molecule has 0 spiro atoms. The number of nitrogens with zero attached hydrogens (tertiary/aromatic N) is 2. The second-order valence-electron chi connectivity index (χ2n) is 7.18. The molecule has 0 aromatic rings. The molecule has 2 heterocycles. The fourth-order valence-corrected chi connectivity index (χ4v) is 3.30. The first kappa shape index (κ1) is 21.8. The molecule has 10 heteroatoms. The molecule has 2 fully saturated rings. The number of nitrogens with one attached hydrogen (secondary N) is 2. The number of carbonyl (C=O) groups is 5. The molecule has 0 saturated carbocycles. The lowest BCUT2D eigenvalue weighted by Gasteiger charge is -2.27. The van der Waals surface area contributed by atoms with E-state index in [0.29, 0.717) is 11.1 Å². The van der Waals surface area contributed by atoms with Gasteiger partial charge in [0.05, 0.1) is 12.5 Å². The minimum atomic E-state index is -0.771. The smallest absolute Gasteiger partial charge is 0.334 e. The van der Waals surface area contributed by atoms with E-state index in [-0.39, 0.29) is 56.6 Å². The number of amides is 4. The Kier molecular flexibility index (Phi) is 7.91. The highest BCUT2D eigenvalue weighted by molar-refractivity contribution is 6.01. The quantitative estimate of drug-likeness (QED) is 0.502. The maximum atomic E-state index is 12.3. The SMILES string of the molecule is CC(C)N1CCCC1C(=O)NCCC(=O)NCCC(=O)ON1C(=O)CCC1=O. The van der Waals surface area contributed by atoms with Crippen LogP contribution in [0.1, 0.15) is 52.4 Å². The molecular weight excluding hydrogens is 368 g/mol. The molecule has 0 bridgehead atoms. The molecule has 10 nitrogen and oxygen atoms in total. The summed E-state index contributed by atoms with van der Waals surface area (Å²) in [5, 5.41) is 5.80. The van der Waals surface area contributed by atoms with E-state index in [0.717, 1.165) is 19.4 Å². The Morgan fingerprint density at radius 1 is 1.07 bits per heavy atom. The van der Waals surface area contributed by atoms with E-state index in [2.05, 4.69) is 29.4 Å². The van der Waals surface area contributed by atoms with Gasteiger partial charge in [0.15, 0.2) is 0 Å². The number of imide groups is 1. The van der Waals surface area contributed by atoms with Gasteiger partial charge in [0.2, 0.25) is 11.8 Å². The molecule has 156 valence electrons. The van der Waals surface area contributed by atoms with E-state index in [1.165, 1.54) is 0 Å². The van der Waals surface area contributed by atoms with Crippen molar-refractivity contribution in [2.75, 3.05) is 19.6 Å². The fraction of sp³-hybridized carbons (Fsp3) is 0.722. The summed E-state index contributed by atoms with van der Waals surface area (Å²) in [6.07, 6.45) is 1.80. The first-order valence-corrected chi connectivity index (χ1v) is 9.66. The summed E-state index contributed by atoms with van der Waals surface area (Å²) in [6, 6.07) is 0.154. The van der Waals surface area contributed by atoms with Crippen LogP contribution in [0.15, 0.2) is 0 Å². The van der Waals surface area contributed by atoms with E-state index in [1.54, 1.807) is 0 Å². The van der Waals surface area contributed by atoms with Gasteiger partial charge in [-0.15, -0.1) is 5.06 Å². The van der Waals surface area contributed by atoms with E-state index in [9.17, 15) is 24.0 Å². The van der Waals surface area contributed by atoms with Crippen molar-refractivity contribution in [3.05, 3.63) is 0 Å². The largest absolute Gasteiger partial charge is 0.355 e. The van der Waals surface area contributed by atoms with Gasteiger partial charge in [-0.25, -0.2) is 4.79 Å². The maximum Gasteiger partial charge on any atom is 0.334 e. The summed E-state index contributed by atoms with van der Waals surface area (Å²) in [5.41, 5.74) is 0. The predicted molar refractivity (Wildman–Crippen MR) is 97.3 cm³/mol. The highest BCUT2D eigenvalue weighted by atomic mass is 16.7. The van der Waals surface area contributed by atoms with Crippen molar-refractivity contribution in [3.63, 3.8) is 0 Å². The summed E-state index contributed by atoms with van der Waals surface area (Å²) in [7, 11) is 0. The van der Waals surface area contributed by atoms with Gasteiger partial charge in [-0.2, -0.15) is 0 Å². The molecule has 1 unspecified atom stereocenters. The van der Waals surface area contributed by atoms with Crippen LogP contribution in [0.4, 0.5) is 0 Å². The summed E-state index contributed by atoms with van der Waals surface area (Å²) in [6.45, 7) is 5.25. The summed E-state index contributed by atoms with van der Waals surface area (Å²) < 4.78 is 0. The molecule has 1 atom stereocenters. The predicted octanol–water partition coefficient (Wildman–Crippen LogP) is -0.521. The zero-order valence-corrected chi connectivity index (χ0v) is 16.4. The Hall–Kier alpha value is -2.49. The molecule has 4 amide bonds. The lowest BCUT2D eigenvalue weighted by molar-refractivity contribution is -0.197. The Balaban J connectivity index is 1.58. The minimum Gasteiger partial charge on any atom is -0.355 e. The summed E-state index contributed by atoms with van der Waals surface area (Å²) >= 11 is 0. The van der Waals surface area contributed by atoms with Crippen molar-refractivity contribution in [2.24, 2.45) is 0 Å². The van der Waals surface area contributed by atoms with E-state index in [1.807, 2.05) is 0 Å². The third-order valence-corrected chi connectivity index (χ3v) is 4.76. The summed E-state index contributed by atoms with van der Waals surface area (Å²) in [5.74, 6) is -2.24. The third-order valence-electron chi connectivity index (χ3n) is 4.76. The minimum absolute atomic E-state index is 0.0194. The van der Waals surface area contributed by atoms with Gasteiger partial charge in [0, 0.05) is 38.4 Å². The molecule has 2 N–H and O–H groups in total. The van der Waals surface area contributed by atoms with Crippen molar-refractivity contribution in [3.8, 4) is 0 Å². The second kappa shape index (κ2) is 10.2. The molecule has 0 radical (unpaired) electrons. The monoisotopic (exact) mass is 396 g/mol. The maximum absolute atomic E-state index is 12.3. The van der Waals surface area contributed by atoms with Gasteiger partial charge < -0.3 is 15.5 Å². The Bertz CT molecular complexity index is 620. The molecular formula is C18H28N4O6. The topological polar surface area (TPSA) is 125 Å². The van der Waals surface area contributed by atoms with Gasteiger partial charge in [-0.1, -0.05) is 0 Å². The molecule has 0 aromatic carbocycles. The fourth-order valence-electron chi connectivity index (χ4n) is 3.30. The van der Waals surface area contributed by atoms with Gasteiger partial charge in [0.25, 0.3) is 11.8 Å². The highest BCUT2D eigenvalue weighted by Gasteiger charge is 2.33. The second-order valence-corrected chi connectivity index (χ2v) is 7.18. The van der Waals surface area contributed by atoms with Crippen LogP contribution in [0.3, 0.4) is 0 Å². The molecule has 2 aliphatic heterocycles. The van der Waals surface area contributed by atoms with Crippen LogP contribution in [0, 0.1) is 0 Å². The molecule has 0 aliphatic carbocycles. The van der Waals surface area contributed by atoms with Crippen molar-refractivity contribution in [1.29, 1.82) is 0 Å². The summed E-state index contributed by atoms with van der Waals surface area (Å²) in [4.78, 5) is 65.2. The number of hydroxylamine groups is 2. The van der Waals surface area contributed by atoms with Crippen LogP contribution in [-0.2, 0) is 28.8 Å². The lowest BCUT2D eigenvalue weighted by atomic mass is 10.2. The van der Waals surface area contributed by atoms with Crippen LogP contribution >= 0.6 is 0 Å². The molecule has 0 aromatic heterocycles. The van der Waals surface area contributed by atoms with Crippen molar-refractivity contribution >= 4 is 29.6 Å². The van der Waals surface area contributed by atoms with E-state index in [4.69, 9.17) is 4.84 Å². The van der Waals surface area contributed by atoms with Crippen molar-refractivity contribution < 1.29 is 28.8 Å². The van der Waals surface area contributed by atoms with Gasteiger partial charge >= 0.3 is 5.97 Å². The van der Waals surface area contributed by atoms with Crippen LogP contribution in [0.5, 0.6) is 0 Å². The van der Waals surface area contributed by atoms with Gasteiger partial charge in [-0.3, -0.25) is 24.1 Å². The van der Waals surface area contributed by atoms with Gasteiger partial charge in [-0.05, 0) is 33.2 Å². The molecule has 2 aliphatic rings. The first-order chi connectivity index (χ1) is 13.3. The number of hydrogen-bond donors (Lipinski definition) is 2. The lowest BCUT2D eigenvalue weighted by Crippen LogP contribution is -2.46. The van der Waals surface area contributed by atoms with Crippen molar-refractivity contribution in [2.45, 2.75) is 64.5 Å². The molecule has 2 rings (SSSR count). The first-order valence-electron chi connectivity index (χ1n) is 9.66. The zero-order valence-electron chi connectivity index (χ0n) is 16.4. The van der Waals surface area contributed by atoms with Crippen LogP contribution in [0.2, 0.25) is 0 Å². The molecule has 28 heavy (non-hydrogen) atoms. The van der Waals surface area contributed by atoms with E-state index >= 15 is 0 Å². The van der Waals surface area contributed by atoms with Gasteiger partial charge in [0.1, 0.15) is 0 Å². The van der Waals surface area contributed by atoms with Crippen LogP contribution in [0.25, 0.3) is 0 Å². The van der Waals surface area contributed by atoms with E-state index < -0.39 is 17.8 Å². The highest BCUT2D eigenvalue weighted by Crippen LogP contribution is 2.19. The average Bonchev–Trinajstić information content (AvgIpc) is 3.24. The standard InChI is InChI=1S/C18H28N4O6/c1-12(2)21-11-3-4-13(21)18(27)20-9-7-14(23)19-10-8-17(26)28-22-15(24)5-6-16(22)25/h12-13H,3-11H2,1-2H3,(H,19,23)(H,20,27). The number of hydrogen-bond acceptors (Lipinski definition) is 7. The Morgan fingerprint density at radius 2 is 1.71 bits per heavy atom. The molecule has 2 saturated heterocycles. The number of carbonyl (C=O) groups excluding carboxylic acids is 5. The normalized spacial score (nSPS) is 20.0. The van der Waals surface area contributed by atoms with Crippen LogP contribution < -0.4 is 10.6 Å². The zero-order chi connectivity index (χ0) is 20.7. The average molecular weight is 396 g/mol. The Morgan fingerprint density at radius 3 is 2.36 bits per heavy atom.